The zero-order chi connectivity index (χ0) is 10.7. The molecule has 1 aliphatic rings. The summed E-state index contributed by atoms with van der Waals surface area (Å²) in [5.74, 6) is -0.652. The maximum absolute atomic E-state index is 10.6. The highest BCUT2D eigenvalue weighted by molar-refractivity contribution is 5.82. The van der Waals surface area contributed by atoms with E-state index in [2.05, 4.69) is 9.97 Å². The van der Waals surface area contributed by atoms with E-state index in [4.69, 9.17) is 5.11 Å². The van der Waals surface area contributed by atoms with Crippen LogP contribution in [0.3, 0.4) is 0 Å². The van der Waals surface area contributed by atoms with Gasteiger partial charge in [-0.15, -0.1) is 0 Å². The first-order valence-electron chi connectivity index (χ1n) is 5.32. The Morgan fingerprint density at radius 1 is 1.20 bits per heavy atom. The van der Waals surface area contributed by atoms with Gasteiger partial charge in [0.05, 0.1) is 0 Å². The summed E-state index contributed by atoms with van der Waals surface area (Å²) in [5.41, 5.74) is 1.08. The highest BCUT2D eigenvalue weighted by Gasteiger charge is 2.16. The molecule has 1 heterocycles. The van der Waals surface area contributed by atoms with Crippen LogP contribution in [0.2, 0.25) is 0 Å². The number of aromatic nitrogens is 2. The van der Waals surface area contributed by atoms with Crippen molar-refractivity contribution in [2.75, 3.05) is 0 Å². The average Bonchev–Trinajstić information content (AvgIpc) is 2.30. The third-order valence-corrected chi connectivity index (χ3v) is 2.94. The highest BCUT2D eigenvalue weighted by atomic mass is 16.4. The van der Waals surface area contributed by atoms with Crippen LogP contribution in [-0.4, -0.2) is 21.0 Å². The minimum absolute atomic E-state index is 0.116. The van der Waals surface area contributed by atoms with Crippen LogP contribution in [-0.2, 0) is 0 Å². The maximum atomic E-state index is 10.6. The molecule has 0 aromatic carbocycles. The number of carboxylic acids is 1. The van der Waals surface area contributed by atoms with Gasteiger partial charge in [-0.3, -0.25) is 0 Å². The standard InChI is InChI=1S/C11H14N2O2/c14-11(15)10-12-6-9(7-13-10)8-4-2-1-3-5-8/h6-8H,1-5H2,(H,14,15). The molecule has 0 aliphatic heterocycles. The van der Waals surface area contributed by atoms with Crippen molar-refractivity contribution in [3.63, 3.8) is 0 Å². The van der Waals surface area contributed by atoms with Gasteiger partial charge in [0, 0.05) is 12.4 Å². The Labute approximate surface area is 88.4 Å². The van der Waals surface area contributed by atoms with E-state index < -0.39 is 5.97 Å². The van der Waals surface area contributed by atoms with Gasteiger partial charge in [-0.1, -0.05) is 19.3 Å². The fourth-order valence-electron chi connectivity index (χ4n) is 2.10. The van der Waals surface area contributed by atoms with Crippen LogP contribution in [0.15, 0.2) is 12.4 Å². The van der Waals surface area contributed by atoms with Crippen molar-refractivity contribution in [1.29, 1.82) is 0 Å². The van der Waals surface area contributed by atoms with E-state index in [0.29, 0.717) is 5.92 Å². The van der Waals surface area contributed by atoms with Gasteiger partial charge in [0.2, 0.25) is 5.82 Å². The first kappa shape index (κ1) is 10.1. The molecule has 2 rings (SSSR count). The summed E-state index contributed by atoms with van der Waals surface area (Å²) >= 11 is 0. The Hall–Kier alpha value is -1.45. The lowest BCUT2D eigenvalue weighted by atomic mass is 9.85. The van der Waals surface area contributed by atoms with Crippen LogP contribution in [0.1, 0.15) is 54.2 Å². The van der Waals surface area contributed by atoms with Crippen LogP contribution >= 0.6 is 0 Å². The first-order valence-corrected chi connectivity index (χ1v) is 5.32. The van der Waals surface area contributed by atoms with E-state index in [0.717, 1.165) is 5.56 Å². The Balaban J connectivity index is 2.11. The summed E-state index contributed by atoms with van der Waals surface area (Å²) in [7, 11) is 0. The number of aromatic carboxylic acids is 1. The molecule has 0 radical (unpaired) electrons. The van der Waals surface area contributed by atoms with E-state index >= 15 is 0 Å². The molecular weight excluding hydrogens is 192 g/mol. The zero-order valence-electron chi connectivity index (χ0n) is 8.52. The van der Waals surface area contributed by atoms with Crippen molar-refractivity contribution in [2.45, 2.75) is 38.0 Å². The fourth-order valence-corrected chi connectivity index (χ4v) is 2.10. The Bertz CT molecular complexity index is 342. The number of carbonyl (C=O) groups is 1. The number of rotatable bonds is 2. The number of nitrogens with zero attached hydrogens (tertiary/aromatic N) is 2. The molecule has 1 aliphatic carbocycles. The molecule has 1 aromatic rings. The van der Waals surface area contributed by atoms with Crippen molar-refractivity contribution in [3.05, 3.63) is 23.8 Å². The smallest absolute Gasteiger partial charge is 0.373 e. The van der Waals surface area contributed by atoms with Crippen LogP contribution < -0.4 is 0 Å². The summed E-state index contributed by atoms with van der Waals surface area (Å²) in [6, 6.07) is 0. The predicted molar refractivity (Wildman–Crippen MR) is 54.8 cm³/mol. The molecule has 1 N–H and O–H groups in total. The van der Waals surface area contributed by atoms with E-state index in [1.807, 2.05) is 0 Å². The molecule has 0 atom stereocenters. The summed E-state index contributed by atoms with van der Waals surface area (Å²) in [5, 5.41) is 8.66. The fraction of sp³-hybridized carbons (Fsp3) is 0.545. The first-order chi connectivity index (χ1) is 7.27. The van der Waals surface area contributed by atoms with Gasteiger partial charge in [-0.2, -0.15) is 0 Å². The molecule has 1 aromatic heterocycles. The summed E-state index contributed by atoms with van der Waals surface area (Å²) in [4.78, 5) is 18.2. The van der Waals surface area contributed by atoms with Crippen molar-refractivity contribution < 1.29 is 9.90 Å². The molecule has 0 amide bonds. The molecule has 0 unspecified atom stereocenters. The van der Waals surface area contributed by atoms with Crippen LogP contribution in [0, 0.1) is 0 Å². The predicted octanol–water partition coefficient (Wildman–Crippen LogP) is 2.22. The second kappa shape index (κ2) is 4.38. The lowest BCUT2D eigenvalue weighted by molar-refractivity contribution is 0.0683. The monoisotopic (exact) mass is 206 g/mol. The number of carboxylic acid groups (broad SMARTS) is 1. The normalized spacial score (nSPS) is 17.6. The maximum Gasteiger partial charge on any atom is 0.373 e. The van der Waals surface area contributed by atoms with Gasteiger partial charge >= 0.3 is 5.97 Å². The second-order valence-corrected chi connectivity index (χ2v) is 3.98. The second-order valence-electron chi connectivity index (χ2n) is 3.98. The molecule has 0 bridgehead atoms. The van der Waals surface area contributed by atoms with Crippen LogP contribution in [0.4, 0.5) is 0 Å². The third kappa shape index (κ3) is 2.32. The quantitative estimate of drug-likeness (QED) is 0.805. The lowest BCUT2D eigenvalue weighted by Gasteiger charge is -2.20. The Kier molecular flexibility index (Phi) is 2.94. The molecular formula is C11H14N2O2. The van der Waals surface area contributed by atoms with Crippen molar-refractivity contribution in [1.82, 2.24) is 9.97 Å². The number of hydrogen-bond donors (Lipinski definition) is 1. The number of hydrogen-bond acceptors (Lipinski definition) is 3. The molecule has 4 nitrogen and oxygen atoms in total. The van der Waals surface area contributed by atoms with Crippen molar-refractivity contribution >= 4 is 5.97 Å². The summed E-state index contributed by atoms with van der Waals surface area (Å²) in [6.07, 6.45) is 9.49. The molecule has 0 spiro atoms. The van der Waals surface area contributed by atoms with Gasteiger partial charge in [0.1, 0.15) is 0 Å². The van der Waals surface area contributed by atoms with Crippen molar-refractivity contribution in [3.8, 4) is 0 Å². The molecule has 4 heteroatoms. The van der Waals surface area contributed by atoms with E-state index in [1.165, 1.54) is 32.1 Å². The van der Waals surface area contributed by atoms with Crippen LogP contribution in [0.25, 0.3) is 0 Å². The van der Waals surface area contributed by atoms with Gasteiger partial charge in [-0.05, 0) is 24.3 Å². The molecule has 1 saturated carbocycles. The molecule has 15 heavy (non-hydrogen) atoms. The Morgan fingerprint density at radius 2 is 1.80 bits per heavy atom. The zero-order valence-corrected chi connectivity index (χ0v) is 8.52. The SMILES string of the molecule is O=C(O)c1ncc(C2CCCCC2)cn1. The molecule has 80 valence electrons. The third-order valence-electron chi connectivity index (χ3n) is 2.94. The van der Waals surface area contributed by atoms with Gasteiger partial charge in [0.25, 0.3) is 0 Å². The summed E-state index contributed by atoms with van der Waals surface area (Å²) < 4.78 is 0. The van der Waals surface area contributed by atoms with Gasteiger partial charge in [0.15, 0.2) is 0 Å². The van der Waals surface area contributed by atoms with Gasteiger partial charge in [-0.25, -0.2) is 14.8 Å². The lowest BCUT2D eigenvalue weighted by Crippen LogP contribution is -2.08. The van der Waals surface area contributed by atoms with Crippen molar-refractivity contribution in [2.24, 2.45) is 0 Å². The minimum atomic E-state index is -1.06. The van der Waals surface area contributed by atoms with E-state index in [-0.39, 0.29) is 5.82 Å². The molecule has 0 saturated heterocycles. The molecule has 1 fully saturated rings. The minimum Gasteiger partial charge on any atom is -0.475 e. The topological polar surface area (TPSA) is 63.1 Å². The summed E-state index contributed by atoms with van der Waals surface area (Å²) in [6.45, 7) is 0. The van der Waals surface area contributed by atoms with Crippen LogP contribution in [0.5, 0.6) is 0 Å². The Morgan fingerprint density at radius 3 is 2.33 bits per heavy atom. The largest absolute Gasteiger partial charge is 0.475 e. The highest BCUT2D eigenvalue weighted by Crippen LogP contribution is 2.31. The van der Waals surface area contributed by atoms with E-state index in [9.17, 15) is 4.79 Å². The van der Waals surface area contributed by atoms with Gasteiger partial charge < -0.3 is 5.11 Å². The van der Waals surface area contributed by atoms with E-state index in [1.54, 1.807) is 12.4 Å². The average molecular weight is 206 g/mol.